The number of hydrogen-bond acceptors (Lipinski definition) is 4. The minimum absolute atomic E-state index is 0. The molecule has 0 spiro atoms. The van der Waals surface area contributed by atoms with Gasteiger partial charge in [0.05, 0.1) is 11.4 Å². The van der Waals surface area contributed by atoms with Gasteiger partial charge in [-0.05, 0) is 62.4 Å². The molecule has 2 heterocycles. The predicted molar refractivity (Wildman–Crippen MR) is 128 cm³/mol. The van der Waals surface area contributed by atoms with Crippen LogP contribution in [0.3, 0.4) is 0 Å². The number of fused-ring (bicyclic) bond motifs is 1. The van der Waals surface area contributed by atoms with Gasteiger partial charge in [-0.25, -0.2) is 8.42 Å². The van der Waals surface area contributed by atoms with E-state index in [-0.39, 0.29) is 43.1 Å². The summed E-state index contributed by atoms with van der Waals surface area (Å²) in [7, 11) is -3.87. The quantitative estimate of drug-likeness (QED) is 0.710. The van der Waals surface area contributed by atoms with E-state index in [1.54, 1.807) is 18.2 Å². The lowest BCUT2D eigenvalue weighted by Crippen LogP contribution is -2.54. The number of rotatable bonds is 5. The summed E-state index contributed by atoms with van der Waals surface area (Å²) in [6.07, 6.45) is 3.04. The average Bonchev–Trinajstić information content (AvgIpc) is 3.16. The fraction of sp³-hybridized carbons (Fsp3) is 0.478. The molecule has 0 bridgehead atoms. The molecule has 4 rings (SSSR count). The molecule has 2 aromatic carbocycles. The SMILES string of the molecule is Cc1ccc2ccc(S(=O)(=O)N[C@H]3CCCN(CC(=O)N4CCCC4C)C3=O)cc2c1.Cl.[HH]. The second kappa shape index (κ2) is 9.77. The molecule has 176 valence electrons. The van der Waals surface area contributed by atoms with Crippen LogP contribution in [0.2, 0.25) is 0 Å². The Kier molecular flexibility index (Phi) is 7.47. The third-order valence-electron chi connectivity index (χ3n) is 6.30. The highest BCUT2D eigenvalue weighted by Gasteiger charge is 2.35. The van der Waals surface area contributed by atoms with Crippen LogP contribution in [0.5, 0.6) is 0 Å². The van der Waals surface area contributed by atoms with Crippen LogP contribution in [0, 0.1) is 6.92 Å². The zero-order valence-corrected chi connectivity index (χ0v) is 20.0. The van der Waals surface area contributed by atoms with Crippen LogP contribution < -0.4 is 4.72 Å². The van der Waals surface area contributed by atoms with Crippen molar-refractivity contribution in [3.05, 3.63) is 42.0 Å². The van der Waals surface area contributed by atoms with Crippen LogP contribution in [0.4, 0.5) is 0 Å². The highest BCUT2D eigenvalue weighted by molar-refractivity contribution is 7.89. The third-order valence-corrected chi connectivity index (χ3v) is 7.77. The Morgan fingerprint density at radius 2 is 1.81 bits per heavy atom. The van der Waals surface area contributed by atoms with Crippen LogP contribution in [0.1, 0.15) is 39.6 Å². The van der Waals surface area contributed by atoms with E-state index in [2.05, 4.69) is 4.72 Å². The molecule has 2 aromatic rings. The Labute approximate surface area is 197 Å². The van der Waals surface area contributed by atoms with Gasteiger partial charge >= 0.3 is 0 Å². The topological polar surface area (TPSA) is 86.8 Å². The zero-order valence-electron chi connectivity index (χ0n) is 18.4. The number of hydrogen-bond donors (Lipinski definition) is 1. The van der Waals surface area contributed by atoms with Crippen molar-refractivity contribution in [3.63, 3.8) is 0 Å². The molecule has 0 saturated carbocycles. The summed E-state index contributed by atoms with van der Waals surface area (Å²) in [6.45, 7) is 5.18. The first-order valence-electron chi connectivity index (χ1n) is 10.9. The van der Waals surface area contributed by atoms with Gasteiger partial charge in [-0.3, -0.25) is 9.59 Å². The molecule has 1 N–H and O–H groups in total. The van der Waals surface area contributed by atoms with Crippen LogP contribution >= 0.6 is 12.4 Å². The molecule has 0 radical (unpaired) electrons. The molecule has 2 amide bonds. The highest BCUT2D eigenvalue weighted by atomic mass is 35.5. The van der Waals surface area contributed by atoms with Crippen LogP contribution in [-0.4, -0.2) is 61.7 Å². The molecule has 9 heteroatoms. The molecule has 2 aliphatic heterocycles. The summed E-state index contributed by atoms with van der Waals surface area (Å²) >= 11 is 0. The van der Waals surface area contributed by atoms with Crippen molar-refractivity contribution < 1.29 is 19.4 Å². The van der Waals surface area contributed by atoms with Crippen molar-refractivity contribution in [1.82, 2.24) is 14.5 Å². The summed E-state index contributed by atoms with van der Waals surface area (Å²) in [6, 6.07) is 10.2. The van der Waals surface area contributed by atoms with Gasteiger partial charge in [0.15, 0.2) is 0 Å². The Balaban J connectivity index is 0.00000193. The Morgan fingerprint density at radius 3 is 2.53 bits per heavy atom. The van der Waals surface area contributed by atoms with Crippen molar-refractivity contribution in [3.8, 4) is 0 Å². The van der Waals surface area contributed by atoms with Gasteiger partial charge in [0.1, 0.15) is 6.04 Å². The zero-order chi connectivity index (χ0) is 22.2. The first kappa shape index (κ1) is 24.5. The Morgan fingerprint density at radius 1 is 1.09 bits per heavy atom. The Hall–Kier alpha value is -2.16. The number of carbonyl (C=O) groups is 2. The third kappa shape index (κ3) is 5.08. The van der Waals surface area contributed by atoms with Gasteiger partial charge in [-0.15, -0.1) is 12.4 Å². The monoisotopic (exact) mass is 481 g/mol. The smallest absolute Gasteiger partial charge is 0.242 e. The highest BCUT2D eigenvalue weighted by Crippen LogP contribution is 2.22. The van der Waals surface area contributed by atoms with E-state index in [1.807, 2.05) is 36.9 Å². The van der Waals surface area contributed by atoms with E-state index in [9.17, 15) is 18.0 Å². The van der Waals surface area contributed by atoms with Crippen molar-refractivity contribution in [2.45, 2.75) is 56.5 Å². The standard InChI is InChI=1S/C23H29N3O4S.ClH.H2/c1-16-7-8-18-9-10-20(14-19(18)13-16)31(29,30)24-21-6-4-11-25(23(21)28)15-22(27)26-12-3-5-17(26)2;;/h7-10,13-14,17,21,24H,3-6,11-12,15H2,1-2H3;2*1H/t17?,21-;;/m0../s1. The molecular weight excluding hydrogens is 450 g/mol. The largest absolute Gasteiger partial charge is 0.338 e. The number of likely N-dealkylation sites (tertiary alicyclic amines) is 2. The first-order chi connectivity index (χ1) is 14.7. The van der Waals surface area contributed by atoms with E-state index >= 15 is 0 Å². The minimum atomic E-state index is -3.87. The van der Waals surface area contributed by atoms with Gasteiger partial charge < -0.3 is 9.80 Å². The second-order valence-corrected chi connectivity index (χ2v) is 10.4. The van der Waals surface area contributed by atoms with Crippen molar-refractivity contribution in [1.29, 1.82) is 0 Å². The average molecular weight is 482 g/mol. The van der Waals surface area contributed by atoms with E-state index in [4.69, 9.17) is 0 Å². The number of amides is 2. The maximum absolute atomic E-state index is 13.0. The molecule has 7 nitrogen and oxygen atoms in total. The van der Waals surface area contributed by atoms with E-state index in [0.29, 0.717) is 19.4 Å². The number of carbonyl (C=O) groups excluding carboxylic acids is 2. The maximum atomic E-state index is 13.0. The summed E-state index contributed by atoms with van der Waals surface area (Å²) in [4.78, 5) is 29.0. The van der Waals surface area contributed by atoms with Crippen LogP contribution in [0.25, 0.3) is 10.8 Å². The lowest BCUT2D eigenvalue weighted by molar-refractivity contribution is -0.143. The van der Waals surface area contributed by atoms with Crippen molar-refractivity contribution in [2.24, 2.45) is 0 Å². The minimum Gasteiger partial charge on any atom is -0.338 e. The van der Waals surface area contributed by atoms with Gasteiger partial charge in [-0.2, -0.15) is 4.72 Å². The molecule has 2 saturated heterocycles. The van der Waals surface area contributed by atoms with Gasteiger partial charge in [-0.1, -0.05) is 29.8 Å². The van der Waals surface area contributed by atoms with Gasteiger partial charge in [0, 0.05) is 20.6 Å². The fourth-order valence-electron chi connectivity index (χ4n) is 4.53. The van der Waals surface area contributed by atoms with Crippen molar-refractivity contribution >= 4 is 45.0 Å². The summed E-state index contributed by atoms with van der Waals surface area (Å²) < 4.78 is 28.6. The second-order valence-electron chi connectivity index (χ2n) is 8.67. The molecule has 1 unspecified atom stereocenters. The maximum Gasteiger partial charge on any atom is 0.242 e. The van der Waals surface area contributed by atoms with Crippen molar-refractivity contribution in [2.75, 3.05) is 19.6 Å². The molecule has 2 fully saturated rings. The van der Waals surface area contributed by atoms with E-state index in [0.717, 1.165) is 35.7 Å². The predicted octanol–water partition coefficient (Wildman–Crippen LogP) is 3.10. The lowest BCUT2D eigenvalue weighted by atomic mass is 10.1. The van der Waals surface area contributed by atoms with Crippen LogP contribution in [-0.2, 0) is 19.6 Å². The number of benzene rings is 2. The molecule has 0 aromatic heterocycles. The number of nitrogens with one attached hydrogen (secondary N) is 1. The summed E-state index contributed by atoms with van der Waals surface area (Å²) in [5.74, 6) is -0.390. The number of aryl methyl sites for hydroxylation is 1. The number of halogens is 1. The number of piperidine rings is 1. The van der Waals surface area contributed by atoms with E-state index < -0.39 is 16.1 Å². The molecule has 0 aliphatic carbocycles. The number of sulfonamides is 1. The van der Waals surface area contributed by atoms with Gasteiger partial charge in [0.25, 0.3) is 0 Å². The Bertz CT molecular complexity index is 1130. The first-order valence-corrected chi connectivity index (χ1v) is 12.3. The lowest BCUT2D eigenvalue weighted by Gasteiger charge is -2.33. The fourth-order valence-corrected chi connectivity index (χ4v) is 5.79. The van der Waals surface area contributed by atoms with Gasteiger partial charge in [0.2, 0.25) is 21.8 Å². The van der Waals surface area contributed by atoms with Crippen LogP contribution in [0.15, 0.2) is 41.3 Å². The molecule has 2 aliphatic rings. The summed E-state index contributed by atoms with van der Waals surface area (Å²) in [5, 5.41) is 1.80. The normalized spacial score (nSPS) is 21.6. The molecular formula is C23H32ClN3O4S. The molecule has 2 atom stereocenters. The summed E-state index contributed by atoms with van der Waals surface area (Å²) in [5.41, 5.74) is 1.05. The number of nitrogens with zero attached hydrogens (tertiary/aromatic N) is 2. The molecule has 32 heavy (non-hydrogen) atoms. The van der Waals surface area contributed by atoms with E-state index in [1.165, 1.54) is 4.90 Å².